The molecule has 20 heavy (non-hydrogen) atoms. The average Bonchev–Trinajstić information content (AvgIpc) is 2.27. The van der Waals surface area contributed by atoms with Gasteiger partial charge in [0.25, 0.3) is 0 Å². The summed E-state index contributed by atoms with van der Waals surface area (Å²) in [6.07, 6.45) is 1.66. The fourth-order valence-corrected chi connectivity index (χ4v) is 3.72. The lowest BCUT2D eigenvalue weighted by atomic mass is 10.3. The van der Waals surface area contributed by atoms with Gasteiger partial charge >= 0.3 is 0 Å². The molecule has 4 nitrogen and oxygen atoms in total. The Balaban J connectivity index is 3.12. The summed E-state index contributed by atoms with van der Waals surface area (Å²) in [4.78, 5) is -1.23. The fraction of sp³-hybridized carbons (Fsp3) is 0.455. The molecule has 2 N–H and O–H groups in total. The number of rotatable bonds is 6. The molecule has 0 amide bonds. The standard InChI is InChI=1S/C11H14F3NO3S2/c1-6(10(5-16)19-2)15-20(17,18)11-8(13)3-7(12)4-9(11)14/h3-4,6,10,15-16H,5H2,1-2H3. The van der Waals surface area contributed by atoms with E-state index >= 15 is 0 Å². The van der Waals surface area contributed by atoms with Gasteiger partial charge in [0.05, 0.1) is 6.61 Å². The Kier molecular flexibility index (Phi) is 5.87. The Hall–Kier alpha value is -0.770. The van der Waals surface area contributed by atoms with Crippen LogP contribution in [-0.2, 0) is 10.0 Å². The number of sulfonamides is 1. The third-order valence-electron chi connectivity index (χ3n) is 2.61. The monoisotopic (exact) mass is 329 g/mol. The van der Waals surface area contributed by atoms with E-state index in [0.29, 0.717) is 12.1 Å². The third kappa shape index (κ3) is 3.87. The minimum absolute atomic E-state index is 0.292. The second kappa shape index (κ2) is 6.79. The Morgan fingerprint density at radius 3 is 2.20 bits per heavy atom. The molecule has 0 aromatic heterocycles. The van der Waals surface area contributed by atoms with E-state index in [1.165, 1.54) is 18.7 Å². The molecule has 0 saturated carbocycles. The molecular weight excluding hydrogens is 315 g/mol. The van der Waals surface area contributed by atoms with Crippen molar-refractivity contribution in [1.82, 2.24) is 4.72 Å². The SMILES string of the molecule is CSC(CO)C(C)NS(=O)(=O)c1c(F)cc(F)cc1F. The van der Waals surface area contributed by atoms with E-state index < -0.39 is 43.7 Å². The number of halogens is 3. The number of aliphatic hydroxyl groups is 1. The topological polar surface area (TPSA) is 66.4 Å². The summed E-state index contributed by atoms with van der Waals surface area (Å²) in [5, 5.41) is 8.58. The van der Waals surface area contributed by atoms with Crippen molar-refractivity contribution in [3.63, 3.8) is 0 Å². The van der Waals surface area contributed by atoms with Crippen LogP contribution in [0.2, 0.25) is 0 Å². The van der Waals surface area contributed by atoms with Crippen LogP contribution in [0.4, 0.5) is 13.2 Å². The van der Waals surface area contributed by atoms with Crippen LogP contribution in [0.5, 0.6) is 0 Å². The first-order valence-corrected chi connectivity index (χ1v) is 8.30. The van der Waals surface area contributed by atoms with Crippen LogP contribution in [0, 0.1) is 17.5 Å². The molecule has 0 spiro atoms. The van der Waals surface area contributed by atoms with Gasteiger partial charge in [0, 0.05) is 23.4 Å². The van der Waals surface area contributed by atoms with Crippen molar-refractivity contribution in [3.8, 4) is 0 Å². The molecule has 0 radical (unpaired) electrons. The van der Waals surface area contributed by atoms with Gasteiger partial charge in [-0.3, -0.25) is 0 Å². The van der Waals surface area contributed by atoms with Crippen LogP contribution in [0.25, 0.3) is 0 Å². The van der Waals surface area contributed by atoms with Gasteiger partial charge in [-0.1, -0.05) is 0 Å². The van der Waals surface area contributed by atoms with Crippen molar-refractivity contribution in [2.75, 3.05) is 12.9 Å². The zero-order valence-corrected chi connectivity index (χ0v) is 12.4. The molecule has 2 unspecified atom stereocenters. The van der Waals surface area contributed by atoms with Gasteiger partial charge in [-0.25, -0.2) is 26.3 Å². The smallest absolute Gasteiger partial charge is 0.246 e. The van der Waals surface area contributed by atoms with Gasteiger partial charge in [-0.2, -0.15) is 11.8 Å². The lowest BCUT2D eigenvalue weighted by molar-refractivity contribution is 0.282. The van der Waals surface area contributed by atoms with Gasteiger partial charge in [-0.15, -0.1) is 0 Å². The van der Waals surface area contributed by atoms with Crippen molar-refractivity contribution in [3.05, 3.63) is 29.6 Å². The number of benzene rings is 1. The zero-order valence-electron chi connectivity index (χ0n) is 10.7. The first-order valence-electron chi connectivity index (χ1n) is 5.53. The largest absolute Gasteiger partial charge is 0.395 e. The van der Waals surface area contributed by atoms with Crippen molar-refractivity contribution < 1.29 is 26.7 Å². The molecule has 9 heteroatoms. The highest BCUT2D eigenvalue weighted by Crippen LogP contribution is 2.21. The van der Waals surface area contributed by atoms with E-state index in [4.69, 9.17) is 5.11 Å². The van der Waals surface area contributed by atoms with E-state index in [0.717, 1.165) is 0 Å². The van der Waals surface area contributed by atoms with Crippen LogP contribution < -0.4 is 4.72 Å². The van der Waals surface area contributed by atoms with E-state index in [9.17, 15) is 21.6 Å². The normalized spacial score (nSPS) is 15.1. The lowest BCUT2D eigenvalue weighted by Crippen LogP contribution is -2.41. The maximum atomic E-state index is 13.5. The Labute approximate surface area is 119 Å². The number of nitrogens with one attached hydrogen (secondary N) is 1. The molecule has 0 aliphatic heterocycles. The minimum atomic E-state index is -4.49. The summed E-state index contributed by atoms with van der Waals surface area (Å²) in [5.74, 6) is -4.22. The van der Waals surface area contributed by atoms with Gasteiger partial charge in [0.2, 0.25) is 10.0 Å². The van der Waals surface area contributed by atoms with Gasteiger partial charge in [-0.05, 0) is 13.2 Å². The third-order valence-corrected chi connectivity index (χ3v) is 5.39. The van der Waals surface area contributed by atoms with Crippen molar-refractivity contribution in [2.24, 2.45) is 0 Å². The first kappa shape index (κ1) is 17.3. The fourth-order valence-electron chi connectivity index (χ4n) is 1.60. The second-order valence-electron chi connectivity index (χ2n) is 4.07. The number of aliphatic hydroxyl groups excluding tert-OH is 1. The molecule has 0 aliphatic rings. The van der Waals surface area contributed by atoms with E-state index in [1.54, 1.807) is 6.26 Å². The van der Waals surface area contributed by atoms with Gasteiger partial charge in [0.15, 0.2) is 4.90 Å². The van der Waals surface area contributed by atoms with Crippen molar-refractivity contribution >= 4 is 21.8 Å². The van der Waals surface area contributed by atoms with E-state index in [2.05, 4.69) is 4.72 Å². The maximum Gasteiger partial charge on any atom is 0.246 e. The van der Waals surface area contributed by atoms with Gasteiger partial charge in [0.1, 0.15) is 17.5 Å². The van der Waals surface area contributed by atoms with Crippen LogP contribution in [0.15, 0.2) is 17.0 Å². The molecule has 1 rings (SSSR count). The highest BCUT2D eigenvalue weighted by Gasteiger charge is 2.28. The number of hydrogen-bond acceptors (Lipinski definition) is 4. The minimum Gasteiger partial charge on any atom is -0.395 e. The molecule has 2 atom stereocenters. The Bertz CT molecular complexity index is 553. The second-order valence-corrected chi connectivity index (χ2v) is 6.79. The van der Waals surface area contributed by atoms with E-state index in [1.807, 2.05) is 0 Å². The maximum absolute atomic E-state index is 13.5. The predicted molar refractivity (Wildman–Crippen MR) is 70.5 cm³/mol. The molecule has 1 aromatic carbocycles. The molecular formula is C11H14F3NO3S2. The van der Waals surface area contributed by atoms with Crippen LogP contribution in [0.3, 0.4) is 0 Å². The highest BCUT2D eigenvalue weighted by molar-refractivity contribution is 7.99. The summed E-state index contributed by atoms with van der Waals surface area (Å²) < 4.78 is 65.6. The molecule has 0 aliphatic carbocycles. The predicted octanol–water partition coefficient (Wildman–Crippen LogP) is 1.49. The molecule has 1 aromatic rings. The van der Waals surface area contributed by atoms with Gasteiger partial charge < -0.3 is 5.11 Å². The Morgan fingerprint density at radius 2 is 1.80 bits per heavy atom. The van der Waals surface area contributed by atoms with Crippen LogP contribution in [0.1, 0.15) is 6.92 Å². The average molecular weight is 329 g/mol. The highest BCUT2D eigenvalue weighted by atomic mass is 32.2. The van der Waals surface area contributed by atoms with E-state index in [-0.39, 0.29) is 6.61 Å². The molecule has 0 bridgehead atoms. The van der Waals surface area contributed by atoms with Crippen molar-refractivity contribution in [1.29, 1.82) is 0 Å². The summed E-state index contributed by atoms with van der Waals surface area (Å²) in [5.41, 5.74) is 0. The number of hydrogen-bond donors (Lipinski definition) is 2. The lowest BCUT2D eigenvalue weighted by Gasteiger charge is -2.21. The van der Waals surface area contributed by atoms with Crippen LogP contribution in [-0.4, -0.2) is 37.7 Å². The summed E-state index contributed by atoms with van der Waals surface area (Å²) >= 11 is 1.20. The molecule has 0 saturated heterocycles. The quantitative estimate of drug-likeness (QED) is 0.830. The summed E-state index contributed by atoms with van der Waals surface area (Å²) in [6.45, 7) is 1.15. The Morgan fingerprint density at radius 1 is 1.30 bits per heavy atom. The summed E-state index contributed by atoms with van der Waals surface area (Å²) in [7, 11) is -4.49. The van der Waals surface area contributed by atoms with Crippen molar-refractivity contribution in [2.45, 2.75) is 23.1 Å². The summed E-state index contributed by atoms with van der Waals surface area (Å²) in [6, 6.07) is -0.176. The molecule has 114 valence electrons. The van der Waals surface area contributed by atoms with Crippen LogP contribution >= 0.6 is 11.8 Å². The molecule has 0 fully saturated rings. The number of thioether (sulfide) groups is 1. The molecule has 0 heterocycles. The zero-order chi connectivity index (χ0) is 15.5. The first-order chi connectivity index (χ1) is 9.22.